The van der Waals surface area contributed by atoms with Gasteiger partial charge in [0.05, 0.1) is 6.10 Å². The molecule has 0 bridgehead atoms. The molecule has 0 aliphatic heterocycles. The lowest BCUT2D eigenvalue weighted by Crippen LogP contribution is -2.43. The first kappa shape index (κ1) is 18.8. The number of halogens is 2. The third-order valence-electron chi connectivity index (χ3n) is 4.92. The van der Waals surface area contributed by atoms with Crippen molar-refractivity contribution in [1.29, 1.82) is 0 Å². The van der Waals surface area contributed by atoms with Gasteiger partial charge in [-0.05, 0) is 37.2 Å². The van der Waals surface area contributed by atoms with Gasteiger partial charge >= 0.3 is 0 Å². The molecule has 0 heterocycles. The summed E-state index contributed by atoms with van der Waals surface area (Å²) in [6.07, 6.45) is -0.0689. The minimum atomic E-state index is -2.76. The molecule has 24 heavy (non-hydrogen) atoms. The first-order valence-corrected chi connectivity index (χ1v) is 8.43. The fourth-order valence-electron chi connectivity index (χ4n) is 3.55. The quantitative estimate of drug-likeness (QED) is 0.711. The molecule has 1 unspecified atom stereocenters. The van der Waals surface area contributed by atoms with Crippen molar-refractivity contribution in [1.82, 2.24) is 0 Å². The molecule has 1 aliphatic rings. The lowest BCUT2D eigenvalue weighted by Gasteiger charge is -2.34. The predicted octanol–water partition coefficient (Wildman–Crippen LogP) is 2.23. The molecule has 0 aromatic heterocycles. The van der Waals surface area contributed by atoms with E-state index in [1.165, 1.54) is 0 Å². The van der Waals surface area contributed by atoms with Gasteiger partial charge in [0.15, 0.2) is 0 Å². The topological polar surface area (TPSA) is 89.3 Å². The average Bonchev–Trinajstić information content (AvgIpc) is 2.52. The fraction of sp³-hybridized carbons (Fsp3) is 0.611. The molecule has 1 aliphatic carbocycles. The first-order valence-electron chi connectivity index (χ1n) is 8.43. The van der Waals surface area contributed by atoms with Crippen LogP contribution in [-0.4, -0.2) is 29.1 Å². The Balaban J connectivity index is 1.97. The summed E-state index contributed by atoms with van der Waals surface area (Å²) in [6, 6.07) is 8.88. The standard InChI is InChI=1S/C18H26F2N2O2/c19-18(20)8-4-7-13(11-18)14(17(22)24)10-16(23)15(21)9-12-5-2-1-3-6-12/h1-3,5-6,13-16,23H,4,7-11,21H2,(H2,22,24)/t13?,14-,15-,16-/m0/s1. The number of nitrogens with two attached hydrogens (primary N) is 2. The molecule has 1 amide bonds. The van der Waals surface area contributed by atoms with Gasteiger partial charge < -0.3 is 16.6 Å². The zero-order valence-corrected chi connectivity index (χ0v) is 13.7. The monoisotopic (exact) mass is 340 g/mol. The Labute approximate surface area is 141 Å². The second kappa shape index (κ2) is 8.03. The third-order valence-corrected chi connectivity index (χ3v) is 4.92. The van der Waals surface area contributed by atoms with E-state index in [9.17, 15) is 18.7 Å². The predicted molar refractivity (Wildman–Crippen MR) is 88.3 cm³/mol. The zero-order chi connectivity index (χ0) is 17.7. The number of aliphatic hydroxyl groups is 1. The number of primary amides is 1. The summed E-state index contributed by atoms with van der Waals surface area (Å²) in [5.74, 6) is -4.66. The Morgan fingerprint density at radius 2 is 2.00 bits per heavy atom. The molecule has 4 nitrogen and oxygen atoms in total. The highest BCUT2D eigenvalue weighted by Gasteiger charge is 2.41. The van der Waals surface area contributed by atoms with Crippen molar-refractivity contribution >= 4 is 5.91 Å². The highest BCUT2D eigenvalue weighted by Crippen LogP contribution is 2.41. The first-order chi connectivity index (χ1) is 11.3. The summed E-state index contributed by atoms with van der Waals surface area (Å²) in [7, 11) is 0. The summed E-state index contributed by atoms with van der Waals surface area (Å²) in [6.45, 7) is 0. The molecule has 1 fully saturated rings. The molecule has 0 spiro atoms. The second-order valence-corrected chi connectivity index (χ2v) is 6.88. The summed E-state index contributed by atoms with van der Waals surface area (Å²) in [5, 5.41) is 10.3. The van der Waals surface area contributed by atoms with Crippen molar-refractivity contribution in [3.05, 3.63) is 35.9 Å². The van der Waals surface area contributed by atoms with E-state index in [2.05, 4.69) is 0 Å². The molecular formula is C18H26F2N2O2. The van der Waals surface area contributed by atoms with E-state index in [1.54, 1.807) is 0 Å². The van der Waals surface area contributed by atoms with Crippen LogP contribution in [0, 0.1) is 11.8 Å². The van der Waals surface area contributed by atoms with Crippen molar-refractivity contribution in [2.75, 3.05) is 0 Å². The molecule has 5 N–H and O–H groups in total. The molecule has 1 aromatic carbocycles. The lowest BCUT2D eigenvalue weighted by atomic mass is 9.75. The fourth-order valence-corrected chi connectivity index (χ4v) is 3.55. The van der Waals surface area contributed by atoms with Gasteiger partial charge in [0, 0.05) is 24.8 Å². The zero-order valence-electron chi connectivity index (χ0n) is 13.7. The largest absolute Gasteiger partial charge is 0.391 e. The van der Waals surface area contributed by atoms with Gasteiger partial charge in [-0.25, -0.2) is 8.78 Å². The van der Waals surface area contributed by atoms with Gasteiger partial charge in [-0.1, -0.05) is 30.3 Å². The molecular weight excluding hydrogens is 314 g/mol. The van der Waals surface area contributed by atoms with E-state index in [1.807, 2.05) is 30.3 Å². The van der Waals surface area contributed by atoms with Crippen LogP contribution in [0.4, 0.5) is 8.78 Å². The maximum Gasteiger partial charge on any atom is 0.248 e. The molecule has 1 saturated carbocycles. The molecule has 0 radical (unpaired) electrons. The van der Waals surface area contributed by atoms with Crippen LogP contribution in [0.1, 0.15) is 37.7 Å². The van der Waals surface area contributed by atoms with Crippen LogP contribution in [0.15, 0.2) is 30.3 Å². The molecule has 2 rings (SSSR count). The van der Waals surface area contributed by atoms with Crippen LogP contribution >= 0.6 is 0 Å². The van der Waals surface area contributed by atoms with Gasteiger partial charge in [0.1, 0.15) is 0 Å². The third kappa shape index (κ3) is 5.24. The summed E-state index contributed by atoms with van der Waals surface area (Å²) in [4.78, 5) is 11.8. The number of benzene rings is 1. The summed E-state index contributed by atoms with van der Waals surface area (Å²) in [5.41, 5.74) is 12.4. The molecule has 134 valence electrons. The Morgan fingerprint density at radius 1 is 1.33 bits per heavy atom. The number of hydrogen-bond donors (Lipinski definition) is 3. The van der Waals surface area contributed by atoms with Crippen LogP contribution in [0.2, 0.25) is 0 Å². The van der Waals surface area contributed by atoms with E-state index >= 15 is 0 Å². The molecule has 6 heteroatoms. The number of hydrogen-bond acceptors (Lipinski definition) is 3. The number of aliphatic hydroxyl groups excluding tert-OH is 1. The van der Waals surface area contributed by atoms with Crippen molar-refractivity contribution in [3.63, 3.8) is 0 Å². The maximum absolute atomic E-state index is 13.6. The highest BCUT2D eigenvalue weighted by molar-refractivity contribution is 5.77. The van der Waals surface area contributed by atoms with Crippen molar-refractivity contribution < 1.29 is 18.7 Å². The van der Waals surface area contributed by atoms with Gasteiger partial charge in [-0.15, -0.1) is 0 Å². The summed E-state index contributed by atoms with van der Waals surface area (Å²) >= 11 is 0. The van der Waals surface area contributed by atoms with Crippen LogP contribution in [0.25, 0.3) is 0 Å². The molecule has 4 atom stereocenters. The van der Waals surface area contributed by atoms with E-state index < -0.39 is 35.8 Å². The molecule has 0 saturated heterocycles. The Bertz CT molecular complexity index is 539. The van der Waals surface area contributed by atoms with Gasteiger partial charge in [-0.3, -0.25) is 4.79 Å². The molecule has 1 aromatic rings. The number of carbonyl (C=O) groups is 1. The van der Waals surface area contributed by atoms with Crippen LogP contribution in [0.5, 0.6) is 0 Å². The number of carbonyl (C=O) groups excluding carboxylic acids is 1. The number of rotatable bonds is 7. The Kier molecular flexibility index (Phi) is 6.29. The van der Waals surface area contributed by atoms with Crippen LogP contribution < -0.4 is 11.5 Å². The van der Waals surface area contributed by atoms with E-state index in [-0.39, 0.29) is 19.3 Å². The smallest absolute Gasteiger partial charge is 0.248 e. The SMILES string of the molecule is NC(=O)[C@@H](C[C@H](O)[C@@H](N)Cc1ccccc1)C1CCCC(F)(F)C1. The number of amides is 1. The van der Waals surface area contributed by atoms with Crippen LogP contribution in [0.3, 0.4) is 0 Å². The normalized spacial score (nSPS) is 24.1. The second-order valence-electron chi connectivity index (χ2n) is 6.88. The van der Waals surface area contributed by atoms with Crippen molar-refractivity contribution in [3.8, 4) is 0 Å². The average molecular weight is 340 g/mol. The Hall–Kier alpha value is -1.53. The van der Waals surface area contributed by atoms with E-state index in [0.717, 1.165) is 5.56 Å². The Morgan fingerprint density at radius 3 is 2.58 bits per heavy atom. The van der Waals surface area contributed by atoms with Crippen molar-refractivity contribution in [2.45, 2.75) is 56.6 Å². The lowest BCUT2D eigenvalue weighted by molar-refractivity contribution is -0.128. The van der Waals surface area contributed by atoms with Gasteiger partial charge in [-0.2, -0.15) is 0 Å². The van der Waals surface area contributed by atoms with E-state index in [0.29, 0.717) is 19.3 Å². The summed E-state index contributed by atoms with van der Waals surface area (Å²) < 4.78 is 27.2. The van der Waals surface area contributed by atoms with Gasteiger partial charge in [0.2, 0.25) is 11.8 Å². The van der Waals surface area contributed by atoms with Crippen molar-refractivity contribution in [2.24, 2.45) is 23.3 Å². The minimum absolute atomic E-state index is 0.0318. The number of alkyl halides is 2. The van der Waals surface area contributed by atoms with Gasteiger partial charge in [0.25, 0.3) is 0 Å². The minimum Gasteiger partial charge on any atom is -0.391 e. The van der Waals surface area contributed by atoms with Crippen LogP contribution in [-0.2, 0) is 11.2 Å². The maximum atomic E-state index is 13.6. The highest BCUT2D eigenvalue weighted by atomic mass is 19.3. The van der Waals surface area contributed by atoms with E-state index in [4.69, 9.17) is 11.5 Å².